The predicted octanol–water partition coefficient (Wildman–Crippen LogP) is -0.546. The zero-order chi connectivity index (χ0) is 18.4. The topological polar surface area (TPSA) is 178 Å². The van der Waals surface area contributed by atoms with Gasteiger partial charge in [-0.15, -0.1) is 0 Å². The standard InChI is InChI=1S/C12H19N6O6P/c1-5-8(19)6(3-23-25(20,21)22)24-11(5)18-4-15-7-9(14-2)16-12(13)17-10(7)18/h4-6,8,11,19H,3H2,1-2H3,(H2,20,21,22)(H3,13,14,16,17)/t5-,6+,8-,11+/m0/s1. The zero-order valence-electron chi connectivity index (χ0n) is 13.5. The van der Waals surface area contributed by atoms with Crippen LogP contribution in [0, 0.1) is 5.92 Å². The maximum absolute atomic E-state index is 10.9. The molecule has 1 aliphatic rings. The Morgan fingerprint density at radius 3 is 2.84 bits per heavy atom. The molecule has 0 saturated carbocycles. The first kappa shape index (κ1) is 18.0. The van der Waals surface area contributed by atoms with Crippen molar-refractivity contribution in [1.29, 1.82) is 0 Å². The number of aliphatic hydroxyl groups is 1. The predicted molar refractivity (Wildman–Crippen MR) is 86.4 cm³/mol. The number of nitrogens with zero attached hydrogens (tertiary/aromatic N) is 4. The molecule has 2 aromatic heterocycles. The van der Waals surface area contributed by atoms with Gasteiger partial charge in [-0.25, -0.2) is 9.55 Å². The number of ether oxygens (including phenoxy) is 1. The van der Waals surface area contributed by atoms with Gasteiger partial charge in [-0.05, 0) is 0 Å². The van der Waals surface area contributed by atoms with Gasteiger partial charge in [0.1, 0.15) is 12.3 Å². The molecule has 4 atom stereocenters. The van der Waals surface area contributed by atoms with Gasteiger partial charge in [-0.1, -0.05) is 6.92 Å². The van der Waals surface area contributed by atoms with Crippen LogP contribution in [0.3, 0.4) is 0 Å². The molecule has 25 heavy (non-hydrogen) atoms. The quantitative estimate of drug-likeness (QED) is 0.424. The third kappa shape index (κ3) is 3.45. The second kappa shape index (κ2) is 6.48. The molecule has 0 bridgehead atoms. The van der Waals surface area contributed by atoms with Gasteiger partial charge < -0.3 is 30.7 Å². The Labute approximate surface area is 142 Å². The lowest BCUT2D eigenvalue weighted by atomic mass is 10.0. The number of nitrogen functional groups attached to an aromatic ring is 1. The highest BCUT2D eigenvalue weighted by molar-refractivity contribution is 7.46. The van der Waals surface area contributed by atoms with E-state index < -0.39 is 38.8 Å². The molecule has 1 fully saturated rings. The van der Waals surface area contributed by atoms with E-state index in [-0.39, 0.29) is 5.95 Å². The Hall–Kier alpha value is -1.82. The van der Waals surface area contributed by atoms with Crippen molar-refractivity contribution in [1.82, 2.24) is 19.5 Å². The first-order valence-corrected chi connectivity index (χ1v) is 8.95. The maximum atomic E-state index is 10.9. The number of phosphoric ester groups is 1. The van der Waals surface area contributed by atoms with Crippen molar-refractivity contribution in [3.8, 4) is 0 Å². The Bertz CT molecular complexity index is 824. The van der Waals surface area contributed by atoms with E-state index >= 15 is 0 Å². The van der Waals surface area contributed by atoms with Crippen LogP contribution in [0.4, 0.5) is 11.8 Å². The fraction of sp³-hybridized carbons (Fsp3) is 0.583. The third-order valence-electron chi connectivity index (χ3n) is 4.04. The van der Waals surface area contributed by atoms with Gasteiger partial charge in [0, 0.05) is 13.0 Å². The summed E-state index contributed by atoms with van der Waals surface area (Å²) in [6, 6.07) is 0. The van der Waals surface area contributed by atoms with Crippen LogP contribution in [0.1, 0.15) is 13.2 Å². The minimum absolute atomic E-state index is 0.0474. The van der Waals surface area contributed by atoms with Crippen molar-refractivity contribution >= 4 is 30.8 Å². The summed E-state index contributed by atoms with van der Waals surface area (Å²) in [4.78, 5) is 30.1. The summed E-state index contributed by atoms with van der Waals surface area (Å²) in [6.07, 6.45) is -1.07. The number of fused-ring (bicyclic) bond motifs is 1. The number of anilines is 2. The number of nitrogens with one attached hydrogen (secondary N) is 1. The Morgan fingerprint density at radius 2 is 2.20 bits per heavy atom. The maximum Gasteiger partial charge on any atom is 0.469 e. The molecule has 138 valence electrons. The molecule has 3 heterocycles. The highest BCUT2D eigenvalue weighted by Crippen LogP contribution is 2.40. The lowest BCUT2D eigenvalue weighted by molar-refractivity contribution is -0.0439. The van der Waals surface area contributed by atoms with Crippen molar-refractivity contribution in [3.63, 3.8) is 0 Å². The molecule has 0 radical (unpaired) electrons. The fourth-order valence-corrected chi connectivity index (χ4v) is 3.15. The van der Waals surface area contributed by atoms with Gasteiger partial charge in [-0.2, -0.15) is 9.97 Å². The van der Waals surface area contributed by atoms with Gasteiger partial charge in [0.25, 0.3) is 0 Å². The van der Waals surface area contributed by atoms with Crippen LogP contribution in [0.25, 0.3) is 11.2 Å². The van der Waals surface area contributed by atoms with Crippen molar-refractivity contribution in [2.24, 2.45) is 5.92 Å². The van der Waals surface area contributed by atoms with Crippen LogP contribution < -0.4 is 11.1 Å². The SMILES string of the molecule is CNc1nc(N)nc2c1ncn2[C@@H]1O[C@H](COP(=O)(O)O)[C@@H](O)[C@@H]1C. The van der Waals surface area contributed by atoms with Gasteiger partial charge in [-0.3, -0.25) is 9.09 Å². The smallest absolute Gasteiger partial charge is 0.390 e. The van der Waals surface area contributed by atoms with Crippen molar-refractivity contribution in [2.45, 2.75) is 25.4 Å². The molecule has 0 spiro atoms. The summed E-state index contributed by atoms with van der Waals surface area (Å²) in [5, 5.41) is 13.2. The third-order valence-corrected chi connectivity index (χ3v) is 4.53. The number of phosphoric acid groups is 1. The van der Waals surface area contributed by atoms with E-state index in [1.807, 2.05) is 0 Å². The summed E-state index contributed by atoms with van der Waals surface area (Å²) in [6.45, 7) is 1.29. The molecular weight excluding hydrogens is 355 g/mol. The zero-order valence-corrected chi connectivity index (χ0v) is 14.4. The fourth-order valence-electron chi connectivity index (χ4n) is 2.81. The summed E-state index contributed by atoms with van der Waals surface area (Å²) in [5.74, 6) is 0.0945. The number of imidazole rings is 1. The van der Waals surface area contributed by atoms with Crippen LogP contribution in [-0.2, 0) is 13.8 Å². The molecule has 0 unspecified atom stereocenters. The molecule has 13 heteroatoms. The Balaban J connectivity index is 1.90. The van der Waals surface area contributed by atoms with Gasteiger partial charge >= 0.3 is 7.82 Å². The van der Waals surface area contributed by atoms with E-state index in [1.165, 1.54) is 6.33 Å². The van der Waals surface area contributed by atoms with E-state index in [9.17, 15) is 9.67 Å². The lowest BCUT2D eigenvalue weighted by Crippen LogP contribution is -2.29. The summed E-state index contributed by atoms with van der Waals surface area (Å²) >= 11 is 0. The van der Waals surface area contributed by atoms with Gasteiger partial charge in [0.05, 0.1) is 19.0 Å². The molecular formula is C12H19N6O6P. The van der Waals surface area contributed by atoms with E-state index in [2.05, 4.69) is 24.8 Å². The summed E-state index contributed by atoms with van der Waals surface area (Å²) < 4.78 is 22.6. The van der Waals surface area contributed by atoms with Gasteiger partial charge in [0.2, 0.25) is 5.95 Å². The first-order chi connectivity index (χ1) is 11.7. The van der Waals surface area contributed by atoms with Crippen molar-refractivity contribution in [3.05, 3.63) is 6.33 Å². The molecule has 12 nitrogen and oxygen atoms in total. The average molecular weight is 374 g/mol. The minimum atomic E-state index is -4.66. The molecule has 1 saturated heterocycles. The Morgan fingerprint density at radius 1 is 1.48 bits per heavy atom. The molecule has 3 rings (SSSR count). The Kier molecular flexibility index (Phi) is 4.66. The van der Waals surface area contributed by atoms with Crippen molar-refractivity contribution < 1.29 is 28.7 Å². The number of aliphatic hydroxyl groups excluding tert-OH is 1. The largest absolute Gasteiger partial charge is 0.469 e. The van der Waals surface area contributed by atoms with Crippen LogP contribution in [0.2, 0.25) is 0 Å². The second-order valence-corrected chi connectivity index (χ2v) is 6.94. The molecule has 2 aromatic rings. The highest BCUT2D eigenvalue weighted by Gasteiger charge is 2.43. The van der Waals surface area contributed by atoms with E-state index in [0.29, 0.717) is 17.0 Å². The number of hydrogen-bond donors (Lipinski definition) is 5. The normalized spacial score (nSPS) is 27.1. The number of aromatic nitrogens is 4. The number of hydrogen-bond acceptors (Lipinski definition) is 9. The highest BCUT2D eigenvalue weighted by atomic mass is 31.2. The number of nitrogens with two attached hydrogens (primary N) is 1. The van der Waals surface area contributed by atoms with Crippen LogP contribution in [0.5, 0.6) is 0 Å². The van der Waals surface area contributed by atoms with E-state index in [1.54, 1.807) is 18.5 Å². The average Bonchev–Trinajstić information content (AvgIpc) is 3.06. The molecule has 0 amide bonds. The molecule has 0 aromatic carbocycles. The molecule has 6 N–H and O–H groups in total. The monoisotopic (exact) mass is 374 g/mol. The van der Waals surface area contributed by atoms with E-state index in [0.717, 1.165) is 0 Å². The number of rotatable bonds is 5. The minimum Gasteiger partial charge on any atom is -0.390 e. The van der Waals surface area contributed by atoms with Crippen LogP contribution >= 0.6 is 7.82 Å². The summed E-state index contributed by atoms with van der Waals surface area (Å²) in [5.41, 5.74) is 6.61. The lowest BCUT2D eigenvalue weighted by Gasteiger charge is -2.17. The van der Waals surface area contributed by atoms with Crippen molar-refractivity contribution in [2.75, 3.05) is 24.7 Å². The molecule has 1 aliphatic heterocycles. The van der Waals surface area contributed by atoms with Crippen LogP contribution in [0.15, 0.2) is 6.33 Å². The molecule has 0 aliphatic carbocycles. The summed E-state index contributed by atoms with van der Waals surface area (Å²) in [7, 11) is -2.98. The van der Waals surface area contributed by atoms with E-state index in [4.69, 9.17) is 20.3 Å². The first-order valence-electron chi connectivity index (χ1n) is 7.42. The van der Waals surface area contributed by atoms with Gasteiger partial charge in [0.15, 0.2) is 17.0 Å². The second-order valence-electron chi connectivity index (χ2n) is 5.71. The van der Waals surface area contributed by atoms with Crippen LogP contribution in [-0.4, -0.2) is 60.3 Å².